The fourth-order valence-electron chi connectivity index (χ4n) is 3.11. The smallest absolute Gasteiger partial charge is 0.410 e. The predicted octanol–water partition coefficient (Wildman–Crippen LogP) is 1.96. The largest absolute Gasteiger partial charge is 0.449 e. The summed E-state index contributed by atoms with van der Waals surface area (Å²) in [6, 6.07) is 2.28. The Morgan fingerprint density at radius 1 is 1.12 bits per heavy atom. The third kappa shape index (κ3) is 3.23. The van der Waals surface area contributed by atoms with Crippen molar-refractivity contribution in [2.24, 2.45) is 0 Å². The molecule has 1 amide bonds. The molecule has 9 heteroatoms. The van der Waals surface area contributed by atoms with Gasteiger partial charge in [0.2, 0.25) is 10.0 Å². The van der Waals surface area contributed by atoms with E-state index in [1.807, 2.05) is 0 Å². The van der Waals surface area contributed by atoms with Crippen LogP contribution in [-0.4, -0.2) is 56.0 Å². The number of sulfonamides is 1. The van der Waals surface area contributed by atoms with E-state index >= 15 is 0 Å². The maximum Gasteiger partial charge on any atom is 0.410 e. The van der Waals surface area contributed by atoms with Gasteiger partial charge in [0.1, 0.15) is 16.5 Å². The Kier molecular flexibility index (Phi) is 4.73. The van der Waals surface area contributed by atoms with Gasteiger partial charge in [-0.05, 0) is 37.5 Å². The molecule has 0 bridgehead atoms. The lowest BCUT2D eigenvalue weighted by molar-refractivity contribution is 0.0442. The van der Waals surface area contributed by atoms with Crippen LogP contribution in [0, 0.1) is 11.6 Å². The minimum absolute atomic E-state index is 0.0957. The monoisotopic (exact) mass is 360 g/mol. The number of ether oxygens (including phenoxy) is 1. The molecule has 2 saturated heterocycles. The minimum Gasteiger partial charge on any atom is -0.449 e. The van der Waals surface area contributed by atoms with Crippen LogP contribution in [-0.2, 0) is 14.8 Å². The SMILES string of the molecule is O=C1OCCCN1C1CCN(S(=O)(=O)c2cc(F)ccc2F)CC1. The van der Waals surface area contributed by atoms with E-state index in [1.165, 1.54) is 0 Å². The van der Waals surface area contributed by atoms with Crippen molar-refractivity contribution in [3.63, 3.8) is 0 Å². The fraction of sp³-hybridized carbons (Fsp3) is 0.533. The van der Waals surface area contributed by atoms with Crippen LogP contribution < -0.4 is 0 Å². The van der Waals surface area contributed by atoms with Gasteiger partial charge in [-0.2, -0.15) is 4.31 Å². The highest BCUT2D eigenvalue weighted by Crippen LogP contribution is 2.26. The molecule has 24 heavy (non-hydrogen) atoms. The fourth-order valence-corrected chi connectivity index (χ4v) is 4.65. The van der Waals surface area contributed by atoms with Gasteiger partial charge < -0.3 is 9.64 Å². The van der Waals surface area contributed by atoms with E-state index in [4.69, 9.17) is 4.74 Å². The Labute approximate surface area is 139 Å². The Balaban J connectivity index is 1.71. The maximum atomic E-state index is 13.8. The Morgan fingerprint density at radius 2 is 1.83 bits per heavy atom. The van der Waals surface area contributed by atoms with Gasteiger partial charge in [-0.25, -0.2) is 22.0 Å². The number of rotatable bonds is 3. The summed E-state index contributed by atoms with van der Waals surface area (Å²) in [5, 5.41) is 0. The van der Waals surface area contributed by atoms with Gasteiger partial charge in [-0.3, -0.25) is 0 Å². The van der Waals surface area contributed by atoms with Gasteiger partial charge >= 0.3 is 6.09 Å². The number of amides is 1. The molecule has 132 valence electrons. The molecule has 2 aliphatic rings. The Bertz CT molecular complexity index is 733. The van der Waals surface area contributed by atoms with E-state index in [2.05, 4.69) is 0 Å². The first-order valence-electron chi connectivity index (χ1n) is 7.78. The van der Waals surface area contributed by atoms with E-state index in [1.54, 1.807) is 4.90 Å². The third-order valence-electron chi connectivity index (χ3n) is 4.38. The number of carbonyl (C=O) groups excluding carboxylic acids is 1. The lowest BCUT2D eigenvalue weighted by Gasteiger charge is -2.39. The summed E-state index contributed by atoms with van der Waals surface area (Å²) in [7, 11) is -4.10. The first kappa shape index (κ1) is 17.1. The zero-order chi connectivity index (χ0) is 17.3. The highest BCUT2D eigenvalue weighted by molar-refractivity contribution is 7.89. The topological polar surface area (TPSA) is 66.9 Å². The number of hydrogen-bond acceptors (Lipinski definition) is 4. The van der Waals surface area contributed by atoms with Gasteiger partial charge in [0, 0.05) is 25.7 Å². The second-order valence-corrected chi connectivity index (χ2v) is 7.78. The number of benzene rings is 1. The molecule has 3 rings (SSSR count). The van der Waals surface area contributed by atoms with Crippen molar-refractivity contribution in [1.29, 1.82) is 0 Å². The second-order valence-electron chi connectivity index (χ2n) is 5.87. The van der Waals surface area contributed by atoms with E-state index in [9.17, 15) is 22.0 Å². The molecule has 2 heterocycles. The molecule has 2 aliphatic heterocycles. The standard InChI is InChI=1S/C15H18F2N2O4S/c16-11-2-3-13(17)14(10-11)24(21,22)18-7-4-12(5-8-18)19-6-1-9-23-15(19)20/h2-3,10,12H,1,4-9H2. The van der Waals surface area contributed by atoms with Crippen molar-refractivity contribution in [2.45, 2.75) is 30.2 Å². The Morgan fingerprint density at radius 3 is 2.50 bits per heavy atom. The average molecular weight is 360 g/mol. The quantitative estimate of drug-likeness (QED) is 0.826. The molecule has 6 nitrogen and oxygen atoms in total. The van der Waals surface area contributed by atoms with Gasteiger partial charge in [0.05, 0.1) is 6.61 Å². The molecular formula is C15H18F2N2O4S. The van der Waals surface area contributed by atoms with Crippen LogP contribution >= 0.6 is 0 Å². The van der Waals surface area contributed by atoms with E-state index < -0.39 is 26.6 Å². The number of hydrogen-bond donors (Lipinski definition) is 0. The van der Waals surface area contributed by atoms with Crippen LogP contribution in [0.5, 0.6) is 0 Å². The van der Waals surface area contributed by atoms with Gasteiger partial charge in [-0.1, -0.05) is 0 Å². The van der Waals surface area contributed by atoms with Crippen LogP contribution in [0.4, 0.5) is 13.6 Å². The highest BCUT2D eigenvalue weighted by Gasteiger charge is 2.35. The molecular weight excluding hydrogens is 342 g/mol. The third-order valence-corrected chi connectivity index (χ3v) is 6.29. The molecule has 0 spiro atoms. The molecule has 1 aromatic carbocycles. The lowest BCUT2D eigenvalue weighted by atomic mass is 10.0. The van der Waals surface area contributed by atoms with Crippen LogP contribution in [0.2, 0.25) is 0 Å². The van der Waals surface area contributed by atoms with Crippen molar-refractivity contribution < 1.29 is 26.7 Å². The summed E-state index contributed by atoms with van der Waals surface area (Å²) in [6.07, 6.45) is 1.24. The van der Waals surface area contributed by atoms with Crippen LogP contribution in [0.15, 0.2) is 23.1 Å². The zero-order valence-electron chi connectivity index (χ0n) is 13.0. The normalized spacial score (nSPS) is 20.9. The zero-order valence-corrected chi connectivity index (χ0v) is 13.8. The van der Waals surface area contributed by atoms with E-state index in [0.29, 0.717) is 32.1 Å². The number of nitrogens with zero attached hydrogens (tertiary/aromatic N) is 2. The maximum absolute atomic E-state index is 13.8. The molecule has 0 N–H and O–H groups in total. The first-order valence-corrected chi connectivity index (χ1v) is 9.22. The van der Waals surface area contributed by atoms with Crippen molar-refractivity contribution in [2.75, 3.05) is 26.2 Å². The molecule has 0 aromatic heterocycles. The second kappa shape index (κ2) is 6.64. The molecule has 2 fully saturated rings. The van der Waals surface area contributed by atoms with Crippen molar-refractivity contribution in [3.05, 3.63) is 29.8 Å². The van der Waals surface area contributed by atoms with Gasteiger partial charge in [0.15, 0.2) is 0 Å². The lowest BCUT2D eigenvalue weighted by Crippen LogP contribution is -2.50. The van der Waals surface area contributed by atoms with E-state index in [0.717, 1.165) is 22.9 Å². The number of piperidine rings is 1. The van der Waals surface area contributed by atoms with Crippen LogP contribution in [0.3, 0.4) is 0 Å². The summed E-state index contributed by atoms with van der Waals surface area (Å²) in [4.78, 5) is 12.7. The van der Waals surface area contributed by atoms with Crippen molar-refractivity contribution >= 4 is 16.1 Å². The molecule has 0 saturated carbocycles. The van der Waals surface area contributed by atoms with E-state index in [-0.39, 0.29) is 25.2 Å². The summed E-state index contributed by atoms with van der Waals surface area (Å²) in [5.74, 6) is -1.78. The van der Waals surface area contributed by atoms with Crippen LogP contribution in [0.25, 0.3) is 0 Å². The molecule has 0 unspecified atom stereocenters. The molecule has 0 aliphatic carbocycles. The molecule has 0 radical (unpaired) electrons. The van der Waals surface area contributed by atoms with Gasteiger partial charge in [-0.15, -0.1) is 0 Å². The molecule has 0 atom stereocenters. The number of halogens is 2. The Hall–Kier alpha value is -1.74. The highest BCUT2D eigenvalue weighted by atomic mass is 32.2. The van der Waals surface area contributed by atoms with Crippen LogP contribution in [0.1, 0.15) is 19.3 Å². The summed E-state index contributed by atoms with van der Waals surface area (Å²) in [5.41, 5.74) is 0. The summed E-state index contributed by atoms with van der Waals surface area (Å²) in [6.45, 7) is 1.29. The summed E-state index contributed by atoms with van der Waals surface area (Å²) < 4.78 is 58.3. The number of carbonyl (C=O) groups is 1. The first-order chi connectivity index (χ1) is 11.4. The molecule has 1 aromatic rings. The van der Waals surface area contributed by atoms with Gasteiger partial charge in [0.25, 0.3) is 0 Å². The average Bonchev–Trinajstić information content (AvgIpc) is 2.57. The minimum atomic E-state index is -4.10. The van der Waals surface area contributed by atoms with Crippen molar-refractivity contribution in [3.8, 4) is 0 Å². The van der Waals surface area contributed by atoms with Crippen molar-refractivity contribution in [1.82, 2.24) is 9.21 Å². The summed E-state index contributed by atoms with van der Waals surface area (Å²) >= 11 is 0. The predicted molar refractivity (Wildman–Crippen MR) is 80.8 cm³/mol. The number of cyclic esters (lactones) is 1.